The minimum absolute atomic E-state index is 0.185. The van der Waals surface area contributed by atoms with E-state index in [9.17, 15) is 9.59 Å². The fourth-order valence-electron chi connectivity index (χ4n) is 1.17. The van der Waals surface area contributed by atoms with Crippen molar-refractivity contribution in [2.45, 2.75) is 32.6 Å². The van der Waals surface area contributed by atoms with Crippen LogP contribution in [0, 0.1) is 18.3 Å². The third-order valence-electron chi connectivity index (χ3n) is 2.03. The van der Waals surface area contributed by atoms with Crippen molar-refractivity contribution in [3.05, 3.63) is 0 Å². The molecule has 84 valence electrons. The maximum Gasteiger partial charge on any atom is 0.308 e. The lowest BCUT2D eigenvalue weighted by Gasteiger charge is -2.11. The number of rotatable bonds is 7. The topological polar surface area (TPSA) is 66.4 Å². The van der Waals surface area contributed by atoms with Gasteiger partial charge in [0.05, 0.1) is 5.92 Å². The van der Waals surface area contributed by atoms with E-state index < -0.39 is 11.9 Å². The molecule has 1 unspecified atom stereocenters. The molecule has 0 saturated carbocycles. The number of hydrogen-bond acceptors (Lipinski definition) is 2. The van der Waals surface area contributed by atoms with E-state index in [1.165, 1.54) is 0 Å². The molecule has 0 saturated heterocycles. The number of carboxylic acids is 1. The van der Waals surface area contributed by atoms with Gasteiger partial charge in [-0.1, -0.05) is 13.3 Å². The first kappa shape index (κ1) is 13.5. The molecule has 0 heterocycles. The Hall–Kier alpha value is -1.50. The molecule has 0 rings (SSSR count). The van der Waals surface area contributed by atoms with Gasteiger partial charge in [0.1, 0.15) is 0 Å². The second-order valence-corrected chi connectivity index (χ2v) is 3.33. The van der Waals surface area contributed by atoms with E-state index in [2.05, 4.69) is 11.2 Å². The Morgan fingerprint density at radius 3 is 2.67 bits per heavy atom. The highest BCUT2D eigenvalue weighted by atomic mass is 16.4. The molecule has 1 amide bonds. The van der Waals surface area contributed by atoms with Crippen molar-refractivity contribution in [3.8, 4) is 12.3 Å². The van der Waals surface area contributed by atoms with E-state index in [1.807, 2.05) is 6.92 Å². The summed E-state index contributed by atoms with van der Waals surface area (Å²) in [6.45, 7) is 2.10. The van der Waals surface area contributed by atoms with Crippen molar-refractivity contribution in [2.24, 2.45) is 5.92 Å². The summed E-state index contributed by atoms with van der Waals surface area (Å²) in [6, 6.07) is 0. The van der Waals surface area contributed by atoms with Gasteiger partial charge >= 0.3 is 5.97 Å². The molecular formula is C11H17NO3. The quantitative estimate of drug-likeness (QED) is 0.618. The molecule has 0 fully saturated rings. The van der Waals surface area contributed by atoms with E-state index in [0.717, 1.165) is 6.42 Å². The lowest BCUT2D eigenvalue weighted by Crippen LogP contribution is -2.32. The Morgan fingerprint density at radius 1 is 1.53 bits per heavy atom. The summed E-state index contributed by atoms with van der Waals surface area (Å²) in [6.07, 6.45) is 7.01. The molecule has 0 bridgehead atoms. The average molecular weight is 211 g/mol. The van der Waals surface area contributed by atoms with Gasteiger partial charge in [-0.15, -0.1) is 12.3 Å². The van der Waals surface area contributed by atoms with E-state index in [1.54, 1.807) is 0 Å². The molecule has 0 aliphatic carbocycles. The summed E-state index contributed by atoms with van der Waals surface area (Å²) in [5.41, 5.74) is 0. The van der Waals surface area contributed by atoms with Gasteiger partial charge < -0.3 is 10.4 Å². The number of nitrogens with one attached hydrogen (secondary N) is 1. The molecule has 2 N–H and O–H groups in total. The van der Waals surface area contributed by atoms with Gasteiger partial charge in [0.25, 0.3) is 0 Å². The Bertz CT molecular complexity index is 255. The van der Waals surface area contributed by atoms with Crippen molar-refractivity contribution >= 4 is 11.9 Å². The van der Waals surface area contributed by atoms with Gasteiger partial charge in [-0.2, -0.15) is 0 Å². The maximum absolute atomic E-state index is 11.1. The van der Waals surface area contributed by atoms with Crippen LogP contribution in [0.25, 0.3) is 0 Å². The van der Waals surface area contributed by atoms with Crippen LogP contribution < -0.4 is 5.32 Å². The fourth-order valence-corrected chi connectivity index (χ4v) is 1.17. The Labute approximate surface area is 90.1 Å². The lowest BCUT2D eigenvalue weighted by atomic mass is 10.0. The van der Waals surface area contributed by atoms with Crippen LogP contribution in [0.15, 0.2) is 0 Å². The lowest BCUT2D eigenvalue weighted by molar-refractivity contribution is -0.141. The minimum atomic E-state index is -0.867. The highest BCUT2D eigenvalue weighted by Gasteiger charge is 2.16. The van der Waals surface area contributed by atoms with Gasteiger partial charge in [-0.05, 0) is 6.42 Å². The van der Waals surface area contributed by atoms with Crippen LogP contribution in [-0.4, -0.2) is 23.5 Å². The van der Waals surface area contributed by atoms with Crippen LogP contribution >= 0.6 is 0 Å². The second-order valence-electron chi connectivity index (χ2n) is 3.33. The molecule has 0 aliphatic rings. The summed E-state index contributed by atoms with van der Waals surface area (Å²) < 4.78 is 0. The van der Waals surface area contributed by atoms with Gasteiger partial charge in [0, 0.05) is 19.4 Å². The van der Waals surface area contributed by atoms with E-state index in [-0.39, 0.29) is 18.9 Å². The zero-order valence-electron chi connectivity index (χ0n) is 8.95. The zero-order chi connectivity index (χ0) is 11.7. The molecule has 15 heavy (non-hydrogen) atoms. The Balaban J connectivity index is 3.84. The Morgan fingerprint density at radius 2 is 2.20 bits per heavy atom. The van der Waals surface area contributed by atoms with Crippen molar-refractivity contribution in [1.29, 1.82) is 0 Å². The molecule has 0 radical (unpaired) electrons. The molecular weight excluding hydrogens is 194 g/mol. The number of carboxylic acid groups (broad SMARTS) is 1. The molecule has 0 spiro atoms. The predicted octanol–water partition coefficient (Wildman–Crippen LogP) is 1.02. The molecule has 0 aromatic rings. The first-order chi connectivity index (χ1) is 7.11. The zero-order valence-corrected chi connectivity index (χ0v) is 8.95. The van der Waals surface area contributed by atoms with Crippen LogP contribution in [0.1, 0.15) is 32.6 Å². The van der Waals surface area contributed by atoms with Crippen molar-refractivity contribution in [3.63, 3.8) is 0 Å². The summed E-state index contributed by atoms with van der Waals surface area (Å²) in [4.78, 5) is 21.9. The largest absolute Gasteiger partial charge is 0.481 e. The van der Waals surface area contributed by atoms with E-state index in [4.69, 9.17) is 11.5 Å². The molecule has 4 nitrogen and oxygen atoms in total. The first-order valence-corrected chi connectivity index (χ1v) is 5.04. The third-order valence-corrected chi connectivity index (χ3v) is 2.03. The van der Waals surface area contributed by atoms with Gasteiger partial charge in [-0.25, -0.2) is 0 Å². The monoisotopic (exact) mass is 211 g/mol. The van der Waals surface area contributed by atoms with Crippen LogP contribution in [0.4, 0.5) is 0 Å². The van der Waals surface area contributed by atoms with Crippen LogP contribution in [0.5, 0.6) is 0 Å². The molecule has 0 aromatic carbocycles. The van der Waals surface area contributed by atoms with Crippen molar-refractivity contribution in [1.82, 2.24) is 5.32 Å². The van der Waals surface area contributed by atoms with Crippen molar-refractivity contribution in [2.75, 3.05) is 6.54 Å². The Kier molecular flexibility index (Phi) is 7.08. The number of amides is 1. The van der Waals surface area contributed by atoms with Crippen molar-refractivity contribution < 1.29 is 14.7 Å². The molecule has 1 atom stereocenters. The summed E-state index contributed by atoms with van der Waals surface area (Å²) in [5, 5.41) is 11.4. The molecule has 4 heteroatoms. The van der Waals surface area contributed by atoms with E-state index in [0.29, 0.717) is 12.8 Å². The van der Waals surface area contributed by atoms with Crippen LogP contribution in [0.2, 0.25) is 0 Å². The fraction of sp³-hybridized carbons (Fsp3) is 0.636. The smallest absolute Gasteiger partial charge is 0.308 e. The van der Waals surface area contributed by atoms with Gasteiger partial charge in [-0.3, -0.25) is 9.59 Å². The summed E-state index contributed by atoms with van der Waals surface area (Å²) in [5.74, 6) is 0.810. The normalized spacial score (nSPS) is 11.5. The second kappa shape index (κ2) is 7.86. The first-order valence-electron chi connectivity index (χ1n) is 5.04. The maximum atomic E-state index is 11.1. The minimum Gasteiger partial charge on any atom is -0.481 e. The molecule has 0 aliphatic heterocycles. The highest BCUT2D eigenvalue weighted by molar-refractivity contribution is 5.77. The number of carbonyl (C=O) groups excluding carboxylic acids is 1. The average Bonchev–Trinajstić information content (AvgIpc) is 2.20. The van der Waals surface area contributed by atoms with Crippen LogP contribution in [-0.2, 0) is 9.59 Å². The van der Waals surface area contributed by atoms with Gasteiger partial charge in [0.2, 0.25) is 5.91 Å². The SMILES string of the molecule is C#CCCC(=O)NCC(CCC)C(=O)O. The number of hydrogen-bond donors (Lipinski definition) is 2. The van der Waals surface area contributed by atoms with Crippen LogP contribution in [0.3, 0.4) is 0 Å². The number of carbonyl (C=O) groups is 2. The van der Waals surface area contributed by atoms with Gasteiger partial charge in [0.15, 0.2) is 0 Å². The standard InChI is InChI=1S/C11H17NO3/c1-3-5-7-10(13)12-8-9(6-4-2)11(14)15/h1,9H,4-8H2,2H3,(H,12,13)(H,14,15). The summed E-state index contributed by atoms with van der Waals surface area (Å²) in [7, 11) is 0. The number of aliphatic carboxylic acids is 1. The number of terminal acetylenes is 1. The predicted molar refractivity (Wildman–Crippen MR) is 57.1 cm³/mol. The molecule has 0 aromatic heterocycles. The van der Waals surface area contributed by atoms with E-state index >= 15 is 0 Å². The third kappa shape index (κ3) is 6.55. The highest BCUT2D eigenvalue weighted by Crippen LogP contribution is 2.05. The summed E-state index contributed by atoms with van der Waals surface area (Å²) >= 11 is 0.